The van der Waals surface area contributed by atoms with Crippen molar-refractivity contribution in [3.63, 3.8) is 0 Å². The molecule has 274 valence electrons. The molecule has 3 nitrogen and oxygen atoms in total. The summed E-state index contributed by atoms with van der Waals surface area (Å²) in [7, 11) is 0. The summed E-state index contributed by atoms with van der Waals surface area (Å²) in [5, 5.41) is 4.83. The molecule has 0 unspecified atom stereocenters. The van der Waals surface area contributed by atoms with Crippen LogP contribution in [-0.4, -0.2) is 15.0 Å². The van der Waals surface area contributed by atoms with Gasteiger partial charge in [-0.25, -0.2) is 9.97 Å². The van der Waals surface area contributed by atoms with Crippen molar-refractivity contribution < 1.29 is 0 Å². The zero-order chi connectivity index (χ0) is 39.3. The minimum absolute atomic E-state index is 0.525. The minimum Gasteiger partial charge on any atom is -0.264 e. The van der Waals surface area contributed by atoms with Gasteiger partial charge in [-0.15, -0.1) is 12.3 Å². The Kier molecular flexibility index (Phi) is 10.1. The highest BCUT2D eigenvalue weighted by atomic mass is 14.9. The standard InChI is InChI=1S/C55H39N3/c1-3-5-18-38(17-4-2)40-21-13-23-42(33-40)51-36-52(43-24-14-22-41(34-43)46-27-16-32-56-37-46)58-55(57-51)45-26-15-25-44(35-45)54-49-30-11-9-28-47(49)53(39-19-7-6-8-20-39)48-29-10-12-31-50(48)54/h2-3,5-16,18-37H,17H2,1H3/b5-3-,38-18+. The topological polar surface area (TPSA) is 38.7 Å². The number of terminal acetylenes is 1. The van der Waals surface area contributed by atoms with E-state index in [1.807, 2.05) is 31.3 Å². The number of hydrogen-bond donors (Lipinski definition) is 0. The van der Waals surface area contributed by atoms with Crippen LogP contribution in [-0.2, 0) is 0 Å². The van der Waals surface area contributed by atoms with Gasteiger partial charge in [0.2, 0.25) is 0 Å². The molecule has 0 aliphatic carbocycles. The van der Waals surface area contributed by atoms with Crippen LogP contribution in [0.5, 0.6) is 0 Å². The van der Waals surface area contributed by atoms with Crippen molar-refractivity contribution in [1.29, 1.82) is 0 Å². The smallest absolute Gasteiger partial charge is 0.160 e. The average molecular weight is 742 g/mol. The lowest BCUT2D eigenvalue weighted by atomic mass is 9.85. The van der Waals surface area contributed by atoms with E-state index in [2.05, 4.69) is 181 Å². The third-order valence-corrected chi connectivity index (χ3v) is 10.6. The van der Waals surface area contributed by atoms with Crippen molar-refractivity contribution >= 4 is 27.1 Å². The number of hydrogen-bond acceptors (Lipinski definition) is 3. The van der Waals surface area contributed by atoms with Gasteiger partial charge < -0.3 is 0 Å². The van der Waals surface area contributed by atoms with Crippen molar-refractivity contribution in [2.75, 3.05) is 0 Å². The van der Waals surface area contributed by atoms with Gasteiger partial charge in [0.05, 0.1) is 11.4 Å². The predicted octanol–water partition coefficient (Wildman–Crippen LogP) is 14.2. The highest BCUT2D eigenvalue weighted by Crippen LogP contribution is 2.44. The monoisotopic (exact) mass is 741 g/mol. The normalized spacial score (nSPS) is 11.6. The molecule has 0 N–H and O–H groups in total. The quantitative estimate of drug-likeness (QED) is 0.0840. The fourth-order valence-electron chi connectivity index (χ4n) is 7.89. The van der Waals surface area contributed by atoms with Gasteiger partial charge in [-0.3, -0.25) is 4.98 Å². The van der Waals surface area contributed by atoms with Crippen molar-refractivity contribution in [3.8, 4) is 79.6 Å². The summed E-state index contributed by atoms with van der Waals surface area (Å²) in [6, 6.07) is 60.0. The van der Waals surface area contributed by atoms with Crippen LogP contribution in [0, 0.1) is 12.3 Å². The Balaban J connectivity index is 1.24. The lowest BCUT2D eigenvalue weighted by Gasteiger charge is -2.18. The van der Waals surface area contributed by atoms with Crippen molar-refractivity contribution in [2.45, 2.75) is 13.3 Å². The van der Waals surface area contributed by atoms with Crippen molar-refractivity contribution in [1.82, 2.24) is 15.0 Å². The summed E-state index contributed by atoms with van der Waals surface area (Å²) >= 11 is 0. The third kappa shape index (κ3) is 7.12. The van der Waals surface area contributed by atoms with Gasteiger partial charge in [-0.05, 0) is 97.8 Å². The highest BCUT2D eigenvalue weighted by molar-refractivity contribution is 6.21. The number of nitrogens with zero attached hydrogens (tertiary/aromatic N) is 3. The third-order valence-electron chi connectivity index (χ3n) is 10.6. The van der Waals surface area contributed by atoms with Gasteiger partial charge in [0, 0.05) is 41.1 Å². The van der Waals surface area contributed by atoms with Crippen LogP contribution < -0.4 is 0 Å². The summed E-state index contributed by atoms with van der Waals surface area (Å²) in [5.41, 5.74) is 13.6. The zero-order valence-corrected chi connectivity index (χ0v) is 32.2. The van der Waals surface area contributed by atoms with Gasteiger partial charge >= 0.3 is 0 Å². The number of pyridine rings is 1. The highest BCUT2D eigenvalue weighted by Gasteiger charge is 2.18. The van der Waals surface area contributed by atoms with E-state index in [0.717, 1.165) is 55.9 Å². The van der Waals surface area contributed by atoms with E-state index in [9.17, 15) is 0 Å². The number of rotatable bonds is 9. The van der Waals surface area contributed by atoms with Gasteiger partial charge in [0.15, 0.2) is 5.82 Å². The van der Waals surface area contributed by atoms with E-state index in [0.29, 0.717) is 12.2 Å². The van der Waals surface area contributed by atoms with Crippen LogP contribution in [0.2, 0.25) is 0 Å². The maximum absolute atomic E-state index is 5.82. The Bertz CT molecular complexity index is 2990. The largest absolute Gasteiger partial charge is 0.264 e. The second-order valence-electron chi connectivity index (χ2n) is 14.3. The second kappa shape index (κ2) is 16.2. The first-order valence-corrected chi connectivity index (χ1v) is 19.5. The molecule has 0 fully saturated rings. The number of benzene rings is 7. The zero-order valence-electron chi connectivity index (χ0n) is 32.2. The van der Waals surface area contributed by atoms with Crippen LogP contribution in [0.3, 0.4) is 0 Å². The first-order valence-electron chi connectivity index (χ1n) is 19.5. The van der Waals surface area contributed by atoms with E-state index < -0.39 is 0 Å². The molecule has 2 aromatic heterocycles. The van der Waals surface area contributed by atoms with Gasteiger partial charge in [-0.2, -0.15) is 0 Å². The number of fused-ring (bicyclic) bond motifs is 2. The van der Waals surface area contributed by atoms with Gasteiger partial charge in [0.25, 0.3) is 0 Å². The minimum atomic E-state index is 0.525. The van der Waals surface area contributed by atoms with Crippen LogP contribution in [0.25, 0.3) is 94.4 Å². The first-order chi connectivity index (χ1) is 28.7. The molecule has 0 bridgehead atoms. The molecule has 58 heavy (non-hydrogen) atoms. The molecular weight excluding hydrogens is 703 g/mol. The van der Waals surface area contributed by atoms with E-state index >= 15 is 0 Å². The summed E-state index contributed by atoms with van der Waals surface area (Å²) < 4.78 is 0. The Hall–Kier alpha value is -7.67. The molecule has 0 saturated carbocycles. The van der Waals surface area contributed by atoms with Crippen LogP contribution in [0.4, 0.5) is 0 Å². The predicted molar refractivity (Wildman–Crippen MR) is 244 cm³/mol. The summed E-state index contributed by atoms with van der Waals surface area (Å²) in [6.45, 7) is 2.01. The van der Waals surface area contributed by atoms with E-state index in [-0.39, 0.29) is 0 Å². The fraction of sp³-hybridized carbons (Fsp3) is 0.0364. The Morgan fingerprint density at radius 3 is 1.69 bits per heavy atom. The molecule has 0 amide bonds. The SMILES string of the molecule is C#CC/C(=C\C=C/C)c1cccc(-c2cc(-c3cccc(-c4cccnc4)c3)nc(-c3cccc(-c4c5ccccc5c(-c5ccccc5)c5ccccc45)c3)n2)c1. The van der Waals surface area contributed by atoms with Crippen LogP contribution in [0.1, 0.15) is 18.9 Å². The molecule has 7 aromatic carbocycles. The molecule has 2 heterocycles. The average Bonchev–Trinajstić information content (AvgIpc) is 3.30. The summed E-state index contributed by atoms with van der Waals surface area (Å²) in [5.74, 6) is 3.48. The number of allylic oxidation sites excluding steroid dienone is 4. The lowest BCUT2D eigenvalue weighted by molar-refractivity contribution is 1.18. The molecule has 0 atom stereocenters. The molecule has 0 aliphatic heterocycles. The van der Waals surface area contributed by atoms with Gasteiger partial charge in [-0.1, -0.05) is 158 Å². The summed E-state index contributed by atoms with van der Waals surface area (Å²) in [4.78, 5) is 15.0. The van der Waals surface area contributed by atoms with E-state index in [1.54, 1.807) is 6.20 Å². The molecule has 3 heteroatoms. The Morgan fingerprint density at radius 2 is 1.05 bits per heavy atom. The van der Waals surface area contributed by atoms with Crippen molar-refractivity contribution in [2.24, 2.45) is 0 Å². The molecule has 9 rings (SSSR count). The molecule has 0 saturated heterocycles. The molecular formula is C55H39N3. The molecule has 0 radical (unpaired) electrons. The Labute approximate surface area is 339 Å². The van der Waals surface area contributed by atoms with Gasteiger partial charge in [0.1, 0.15) is 0 Å². The van der Waals surface area contributed by atoms with Crippen LogP contribution >= 0.6 is 0 Å². The van der Waals surface area contributed by atoms with E-state index in [4.69, 9.17) is 16.4 Å². The maximum Gasteiger partial charge on any atom is 0.160 e. The maximum atomic E-state index is 5.82. The number of aromatic nitrogens is 3. The lowest BCUT2D eigenvalue weighted by Crippen LogP contribution is -1.97. The molecule has 0 aliphatic rings. The molecule has 9 aromatic rings. The van der Waals surface area contributed by atoms with E-state index in [1.165, 1.54) is 38.2 Å². The van der Waals surface area contributed by atoms with Crippen molar-refractivity contribution in [3.05, 3.63) is 206 Å². The summed E-state index contributed by atoms with van der Waals surface area (Å²) in [6.07, 6.45) is 16.2. The second-order valence-corrected chi connectivity index (χ2v) is 14.3. The Morgan fingerprint density at radius 1 is 0.517 bits per heavy atom. The first kappa shape index (κ1) is 36.0. The fourth-order valence-corrected chi connectivity index (χ4v) is 7.89. The molecule has 0 spiro atoms. The van der Waals surface area contributed by atoms with Crippen LogP contribution in [0.15, 0.2) is 200 Å².